The number of benzene rings is 1. The number of allylic oxidation sites excluding steroid dienone is 1. The van der Waals surface area contributed by atoms with Crippen molar-refractivity contribution in [3.63, 3.8) is 0 Å². The van der Waals surface area contributed by atoms with E-state index in [1.54, 1.807) is 5.57 Å². The highest BCUT2D eigenvalue weighted by Gasteiger charge is 2.49. The average molecular weight is 525 g/mol. The first kappa shape index (κ1) is 27.0. The van der Waals surface area contributed by atoms with Crippen LogP contribution in [0.2, 0.25) is 0 Å². The minimum atomic E-state index is -4.43. The third kappa shape index (κ3) is 5.69. The maximum Gasteiger partial charge on any atom is 0.417 e. The molecule has 1 aliphatic heterocycles. The van der Waals surface area contributed by atoms with Gasteiger partial charge in [-0.15, -0.1) is 0 Å². The summed E-state index contributed by atoms with van der Waals surface area (Å²) in [5, 5.41) is 0. The van der Waals surface area contributed by atoms with Crippen LogP contribution in [0.5, 0.6) is 0 Å². The Morgan fingerprint density at radius 2 is 1.84 bits per heavy atom. The molecule has 3 nitrogen and oxygen atoms in total. The van der Waals surface area contributed by atoms with Crippen LogP contribution in [0.25, 0.3) is 6.08 Å². The number of nitrogens with zero attached hydrogens (tertiary/aromatic N) is 2. The van der Waals surface area contributed by atoms with E-state index in [9.17, 15) is 18.0 Å². The fourth-order valence-electron chi connectivity index (χ4n) is 7.10. The lowest BCUT2D eigenvalue weighted by molar-refractivity contribution is -0.146. The predicted octanol–water partition coefficient (Wildman–Crippen LogP) is 8.09. The molecule has 204 valence electrons. The van der Waals surface area contributed by atoms with Crippen molar-refractivity contribution < 1.29 is 18.0 Å². The Hall–Kier alpha value is -2.63. The van der Waals surface area contributed by atoms with Gasteiger partial charge in [-0.25, -0.2) is 0 Å². The van der Waals surface area contributed by atoms with Crippen LogP contribution >= 0.6 is 0 Å². The van der Waals surface area contributed by atoms with Crippen molar-refractivity contribution >= 4 is 12.0 Å². The number of amides is 1. The van der Waals surface area contributed by atoms with E-state index in [0.29, 0.717) is 36.1 Å². The Morgan fingerprint density at radius 1 is 1.11 bits per heavy atom. The molecule has 1 amide bonds. The molecule has 2 atom stereocenters. The molecule has 0 unspecified atom stereocenters. The van der Waals surface area contributed by atoms with E-state index in [1.165, 1.54) is 30.9 Å². The zero-order chi connectivity index (χ0) is 26.9. The molecular weight excluding hydrogens is 485 g/mol. The highest BCUT2D eigenvalue weighted by Crippen LogP contribution is 2.51. The zero-order valence-corrected chi connectivity index (χ0v) is 22.6. The van der Waals surface area contributed by atoms with E-state index >= 15 is 0 Å². The summed E-state index contributed by atoms with van der Waals surface area (Å²) in [6.45, 7) is 5.04. The van der Waals surface area contributed by atoms with Crippen molar-refractivity contribution in [2.24, 2.45) is 23.2 Å². The molecule has 0 spiro atoms. The summed E-state index contributed by atoms with van der Waals surface area (Å²) in [6.07, 6.45) is 8.12. The SMILES string of the molecule is CC(C)[C@]1(C(=O)N2CCc3ncc(C(F)(F)F)cc3C2)CC[C@@H](CC2CCC(=Cc3ccccc3)CC2)C1. The van der Waals surface area contributed by atoms with E-state index < -0.39 is 17.2 Å². The minimum Gasteiger partial charge on any atom is -0.337 e. The number of carbonyl (C=O) groups is 1. The van der Waals surface area contributed by atoms with E-state index in [0.717, 1.165) is 38.3 Å². The monoisotopic (exact) mass is 524 g/mol. The first-order chi connectivity index (χ1) is 18.1. The standard InChI is InChI=1S/C32H39F3N2O/c1-22(2)31(30(38)37-15-13-29-27(21-37)18-28(20-36-29)32(33,34)35)14-12-26(19-31)17-25-10-8-24(9-11-25)16-23-6-4-3-5-7-23/h3-7,16,18,20,22,25-26H,8-15,17,19,21H2,1-2H3/t25?,26-,31-/m0/s1. The van der Waals surface area contributed by atoms with Gasteiger partial charge in [0.1, 0.15) is 0 Å². The summed E-state index contributed by atoms with van der Waals surface area (Å²) < 4.78 is 39.8. The quantitative estimate of drug-likeness (QED) is 0.396. The normalized spacial score (nSPS) is 25.9. The van der Waals surface area contributed by atoms with E-state index in [1.807, 2.05) is 11.0 Å². The largest absolute Gasteiger partial charge is 0.417 e. The summed E-state index contributed by atoms with van der Waals surface area (Å²) >= 11 is 0. The van der Waals surface area contributed by atoms with E-state index in [2.05, 4.69) is 49.2 Å². The highest BCUT2D eigenvalue weighted by molar-refractivity contribution is 5.83. The molecule has 38 heavy (non-hydrogen) atoms. The average Bonchev–Trinajstić information content (AvgIpc) is 3.34. The van der Waals surface area contributed by atoms with Crippen LogP contribution in [-0.4, -0.2) is 22.3 Å². The molecule has 2 saturated carbocycles. The van der Waals surface area contributed by atoms with Crippen LogP contribution in [0, 0.1) is 23.2 Å². The van der Waals surface area contributed by atoms with Gasteiger partial charge in [0.25, 0.3) is 0 Å². The fraction of sp³-hybridized carbons (Fsp3) is 0.562. The van der Waals surface area contributed by atoms with Crippen LogP contribution in [-0.2, 0) is 23.9 Å². The molecule has 2 aromatic rings. The second-order valence-corrected chi connectivity index (χ2v) is 12.1. The third-order valence-corrected chi connectivity index (χ3v) is 9.42. The Morgan fingerprint density at radius 3 is 2.53 bits per heavy atom. The number of halogens is 3. The lowest BCUT2D eigenvalue weighted by atomic mass is 9.72. The van der Waals surface area contributed by atoms with E-state index in [4.69, 9.17) is 0 Å². The van der Waals surface area contributed by atoms with Gasteiger partial charge in [0.2, 0.25) is 5.91 Å². The molecule has 1 aromatic heterocycles. The lowest BCUT2D eigenvalue weighted by Gasteiger charge is -2.39. The van der Waals surface area contributed by atoms with Gasteiger partial charge in [-0.3, -0.25) is 9.78 Å². The number of carbonyl (C=O) groups excluding carboxylic acids is 1. The number of alkyl halides is 3. The molecular formula is C32H39F3N2O. The number of fused-ring (bicyclic) bond motifs is 1. The Kier molecular flexibility index (Phi) is 7.70. The molecule has 2 aliphatic carbocycles. The van der Waals surface area contributed by atoms with Gasteiger partial charge >= 0.3 is 6.18 Å². The van der Waals surface area contributed by atoms with Crippen LogP contribution in [0.3, 0.4) is 0 Å². The maximum atomic E-state index is 14.0. The topological polar surface area (TPSA) is 33.2 Å². The number of hydrogen-bond donors (Lipinski definition) is 0. The van der Waals surface area contributed by atoms with Crippen molar-refractivity contribution in [3.05, 3.63) is 70.6 Å². The molecule has 0 saturated heterocycles. The Balaban J connectivity index is 1.21. The van der Waals surface area contributed by atoms with Crippen molar-refractivity contribution in [2.75, 3.05) is 6.54 Å². The van der Waals surface area contributed by atoms with Gasteiger partial charge < -0.3 is 4.90 Å². The Labute approximate surface area is 224 Å². The third-order valence-electron chi connectivity index (χ3n) is 9.42. The fourth-order valence-corrected chi connectivity index (χ4v) is 7.10. The van der Waals surface area contributed by atoms with Crippen LogP contribution < -0.4 is 0 Å². The van der Waals surface area contributed by atoms with Gasteiger partial charge in [-0.1, -0.05) is 55.8 Å². The predicted molar refractivity (Wildman–Crippen MR) is 144 cm³/mol. The van der Waals surface area contributed by atoms with Gasteiger partial charge in [0, 0.05) is 31.4 Å². The summed E-state index contributed by atoms with van der Waals surface area (Å²) in [4.78, 5) is 19.9. The maximum absolute atomic E-state index is 14.0. The van der Waals surface area contributed by atoms with Gasteiger partial charge in [0.05, 0.1) is 11.0 Å². The van der Waals surface area contributed by atoms with Gasteiger partial charge in [-0.2, -0.15) is 13.2 Å². The van der Waals surface area contributed by atoms with Crippen molar-refractivity contribution in [1.29, 1.82) is 0 Å². The molecule has 1 aromatic carbocycles. The Bertz CT molecular complexity index is 1160. The molecule has 3 aliphatic rings. The van der Waals surface area contributed by atoms with Crippen molar-refractivity contribution in [1.82, 2.24) is 9.88 Å². The molecule has 2 heterocycles. The number of aromatic nitrogens is 1. The minimum absolute atomic E-state index is 0.134. The summed E-state index contributed by atoms with van der Waals surface area (Å²) in [7, 11) is 0. The second-order valence-electron chi connectivity index (χ2n) is 12.1. The summed E-state index contributed by atoms with van der Waals surface area (Å²) in [6, 6.07) is 11.7. The first-order valence-corrected chi connectivity index (χ1v) is 14.2. The number of pyridine rings is 1. The first-order valence-electron chi connectivity index (χ1n) is 14.2. The van der Waals surface area contributed by atoms with Crippen LogP contribution in [0.15, 0.2) is 48.2 Å². The molecule has 0 bridgehead atoms. The van der Waals surface area contributed by atoms with Crippen molar-refractivity contribution in [3.8, 4) is 0 Å². The molecule has 6 heteroatoms. The van der Waals surface area contributed by atoms with E-state index in [-0.39, 0.29) is 18.4 Å². The van der Waals surface area contributed by atoms with Gasteiger partial charge in [-0.05, 0) is 86.3 Å². The lowest BCUT2D eigenvalue weighted by Crippen LogP contribution is -2.47. The van der Waals surface area contributed by atoms with Crippen molar-refractivity contribution in [2.45, 2.75) is 84.4 Å². The summed E-state index contributed by atoms with van der Waals surface area (Å²) in [5.74, 6) is 1.59. The molecule has 5 rings (SSSR count). The second kappa shape index (κ2) is 10.9. The van der Waals surface area contributed by atoms with Crippen LogP contribution in [0.4, 0.5) is 13.2 Å². The molecule has 2 fully saturated rings. The number of hydrogen-bond acceptors (Lipinski definition) is 2. The zero-order valence-electron chi connectivity index (χ0n) is 22.6. The summed E-state index contributed by atoms with van der Waals surface area (Å²) in [5.41, 5.74) is 2.89. The molecule has 0 radical (unpaired) electrons. The smallest absolute Gasteiger partial charge is 0.337 e. The highest BCUT2D eigenvalue weighted by atomic mass is 19.4. The van der Waals surface area contributed by atoms with Gasteiger partial charge in [0.15, 0.2) is 0 Å². The van der Waals surface area contributed by atoms with Crippen LogP contribution in [0.1, 0.15) is 87.6 Å². The number of rotatable bonds is 5. The molecule has 0 N–H and O–H groups in total.